The lowest BCUT2D eigenvalue weighted by molar-refractivity contribution is 0.0636. The van der Waals surface area contributed by atoms with Gasteiger partial charge in [-0.1, -0.05) is 19.0 Å². The summed E-state index contributed by atoms with van der Waals surface area (Å²) in [5.41, 5.74) is 0.730. The molecule has 0 unspecified atom stereocenters. The Morgan fingerprint density at radius 2 is 2.27 bits per heavy atom. The molecule has 0 radical (unpaired) electrons. The molecule has 2 aromatic rings. The maximum Gasteiger partial charge on any atom is 0.292 e. The zero-order valence-corrected chi connectivity index (χ0v) is 13.3. The fourth-order valence-electron chi connectivity index (χ4n) is 3.07. The first-order chi connectivity index (χ1) is 10.6. The molecule has 0 aliphatic carbocycles. The summed E-state index contributed by atoms with van der Waals surface area (Å²) in [7, 11) is 0. The normalized spacial score (nSPS) is 18.9. The summed E-state index contributed by atoms with van der Waals surface area (Å²) >= 11 is 0. The van der Waals surface area contributed by atoms with Crippen LogP contribution in [0.2, 0.25) is 0 Å². The Bertz CT molecular complexity index is 659. The van der Waals surface area contributed by atoms with Crippen molar-refractivity contribution in [1.82, 2.24) is 19.6 Å². The number of nitrogens with zero attached hydrogens (tertiary/aromatic N) is 4. The van der Waals surface area contributed by atoms with Crippen LogP contribution >= 0.6 is 0 Å². The third kappa shape index (κ3) is 2.77. The number of hydrogen-bond donors (Lipinski definition) is 0. The minimum atomic E-state index is -0.0727. The molecule has 1 fully saturated rings. The van der Waals surface area contributed by atoms with Crippen molar-refractivity contribution in [3.63, 3.8) is 0 Å². The van der Waals surface area contributed by atoms with Crippen LogP contribution in [0.5, 0.6) is 0 Å². The summed E-state index contributed by atoms with van der Waals surface area (Å²) in [5.74, 6) is 1.71. The average molecular weight is 302 g/mol. The summed E-state index contributed by atoms with van der Waals surface area (Å²) in [5, 5.41) is 3.80. The Morgan fingerprint density at radius 1 is 1.45 bits per heavy atom. The predicted molar refractivity (Wildman–Crippen MR) is 81.7 cm³/mol. The number of carbonyl (C=O) groups excluding carboxylic acids is 1. The molecule has 118 valence electrons. The van der Waals surface area contributed by atoms with Gasteiger partial charge >= 0.3 is 0 Å². The molecule has 3 rings (SSSR count). The Morgan fingerprint density at radius 3 is 2.95 bits per heavy atom. The first-order valence-electron chi connectivity index (χ1n) is 7.81. The van der Waals surface area contributed by atoms with Gasteiger partial charge in [0.15, 0.2) is 0 Å². The Labute approximate surface area is 130 Å². The van der Waals surface area contributed by atoms with Crippen LogP contribution in [0.4, 0.5) is 0 Å². The number of aromatic nitrogens is 3. The van der Waals surface area contributed by atoms with E-state index in [9.17, 15) is 4.79 Å². The van der Waals surface area contributed by atoms with Crippen LogP contribution in [0.3, 0.4) is 0 Å². The van der Waals surface area contributed by atoms with Gasteiger partial charge in [0.05, 0.1) is 11.7 Å². The molecular formula is C16H22N4O2. The van der Waals surface area contributed by atoms with Gasteiger partial charge in [-0.25, -0.2) is 4.98 Å². The number of amides is 1. The molecule has 3 heterocycles. The van der Waals surface area contributed by atoms with Gasteiger partial charge in [0.1, 0.15) is 5.82 Å². The summed E-state index contributed by atoms with van der Waals surface area (Å²) in [6, 6.07) is 1.98. The van der Waals surface area contributed by atoms with Crippen LogP contribution in [-0.4, -0.2) is 38.6 Å². The van der Waals surface area contributed by atoms with Crippen LogP contribution in [0.1, 0.15) is 60.7 Å². The molecule has 1 amide bonds. The monoisotopic (exact) mass is 302 g/mol. The molecular weight excluding hydrogens is 280 g/mol. The number of piperidine rings is 1. The molecule has 1 saturated heterocycles. The van der Waals surface area contributed by atoms with E-state index >= 15 is 0 Å². The molecule has 22 heavy (non-hydrogen) atoms. The van der Waals surface area contributed by atoms with Crippen molar-refractivity contribution in [2.24, 2.45) is 0 Å². The molecule has 6 nitrogen and oxygen atoms in total. The lowest BCUT2D eigenvalue weighted by Crippen LogP contribution is -2.40. The third-order valence-electron chi connectivity index (χ3n) is 4.13. The minimum absolute atomic E-state index is 0.0727. The zero-order chi connectivity index (χ0) is 15.7. The van der Waals surface area contributed by atoms with Gasteiger partial charge in [-0.15, -0.1) is 0 Å². The van der Waals surface area contributed by atoms with Crippen molar-refractivity contribution in [3.8, 4) is 0 Å². The zero-order valence-electron chi connectivity index (χ0n) is 13.3. The van der Waals surface area contributed by atoms with E-state index in [4.69, 9.17) is 4.52 Å². The fraction of sp³-hybridized carbons (Fsp3) is 0.562. The standard InChI is InChI=1S/C16H22N4O2/c1-11(2)15-17-6-8-20(15)13-5-4-7-19(10-13)16(21)14-9-12(3)18-22-14/h6,8-9,11,13H,4-5,7,10H2,1-3H3/t13-/m1/s1. The van der Waals surface area contributed by atoms with Crippen LogP contribution in [-0.2, 0) is 0 Å². The highest BCUT2D eigenvalue weighted by Gasteiger charge is 2.28. The van der Waals surface area contributed by atoms with Gasteiger partial charge in [-0.05, 0) is 19.8 Å². The molecule has 0 N–H and O–H groups in total. The third-order valence-corrected chi connectivity index (χ3v) is 4.13. The van der Waals surface area contributed by atoms with Crippen LogP contribution in [0.15, 0.2) is 23.0 Å². The van der Waals surface area contributed by atoms with E-state index < -0.39 is 0 Å². The van der Waals surface area contributed by atoms with Gasteiger partial charge in [-0.3, -0.25) is 4.79 Å². The van der Waals surface area contributed by atoms with Crippen molar-refractivity contribution in [3.05, 3.63) is 35.7 Å². The van der Waals surface area contributed by atoms with E-state index in [1.165, 1.54) is 0 Å². The molecule has 0 aromatic carbocycles. The Hall–Kier alpha value is -2.11. The molecule has 1 aliphatic rings. The second-order valence-corrected chi connectivity index (χ2v) is 6.23. The van der Waals surface area contributed by atoms with Gasteiger partial charge in [0.2, 0.25) is 5.76 Å². The number of carbonyl (C=O) groups is 1. The van der Waals surface area contributed by atoms with Gasteiger partial charge in [0, 0.05) is 37.5 Å². The molecule has 2 aromatic heterocycles. The van der Waals surface area contributed by atoms with Crippen molar-refractivity contribution in [2.75, 3.05) is 13.1 Å². The summed E-state index contributed by atoms with van der Waals surface area (Å²) < 4.78 is 7.32. The molecule has 0 spiro atoms. The maximum atomic E-state index is 12.5. The SMILES string of the molecule is Cc1cc(C(=O)N2CCC[C@@H](n3ccnc3C(C)C)C2)on1. The number of imidazole rings is 1. The Balaban J connectivity index is 1.77. The summed E-state index contributed by atoms with van der Waals surface area (Å²) in [4.78, 5) is 18.8. The molecule has 1 aliphatic heterocycles. The second-order valence-electron chi connectivity index (χ2n) is 6.23. The van der Waals surface area contributed by atoms with Crippen molar-refractivity contribution < 1.29 is 9.32 Å². The molecule has 6 heteroatoms. The van der Waals surface area contributed by atoms with Crippen molar-refractivity contribution in [1.29, 1.82) is 0 Å². The highest BCUT2D eigenvalue weighted by Crippen LogP contribution is 2.26. The largest absolute Gasteiger partial charge is 0.351 e. The van der Waals surface area contributed by atoms with Gasteiger partial charge < -0.3 is 14.0 Å². The highest BCUT2D eigenvalue weighted by atomic mass is 16.5. The summed E-state index contributed by atoms with van der Waals surface area (Å²) in [6.07, 6.45) is 5.91. The van der Waals surface area contributed by atoms with Crippen molar-refractivity contribution >= 4 is 5.91 Å². The average Bonchev–Trinajstić information content (AvgIpc) is 3.15. The van der Waals surface area contributed by atoms with Crippen LogP contribution in [0.25, 0.3) is 0 Å². The topological polar surface area (TPSA) is 64.2 Å². The number of rotatable bonds is 3. The first kappa shape index (κ1) is 14.8. The lowest BCUT2D eigenvalue weighted by atomic mass is 10.0. The molecule has 1 atom stereocenters. The Kier molecular flexibility index (Phi) is 4.00. The smallest absolute Gasteiger partial charge is 0.292 e. The van der Waals surface area contributed by atoms with E-state index in [2.05, 4.69) is 28.6 Å². The van der Waals surface area contributed by atoms with Crippen molar-refractivity contribution in [2.45, 2.75) is 45.6 Å². The second kappa shape index (κ2) is 5.94. The summed E-state index contributed by atoms with van der Waals surface area (Å²) in [6.45, 7) is 7.55. The van der Waals surface area contributed by atoms with E-state index in [1.807, 2.05) is 24.2 Å². The quantitative estimate of drug-likeness (QED) is 0.874. The highest BCUT2D eigenvalue weighted by molar-refractivity contribution is 5.91. The number of hydrogen-bond acceptors (Lipinski definition) is 4. The fourth-order valence-corrected chi connectivity index (χ4v) is 3.07. The van der Waals surface area contributed by atoms with Crippen LogP contribution in [0, 0.1) is 6.92 Å². The number of aryl methyl sites for hydroxylation is 1. The van der Waals surface area contributed by atoms with Gasteiger partial charge in [0.25, 0.3) is 5.91 Å². The van der Waals surface area contributed by atoms with E-state index in [0.29, 0.717) is 18.2 Å². The van der Waals surface area contributed by atoms with Crippen LogP contribution < -0.4 is 0 Å². The van der Waals surface area contributed by atoms with Gasteiger partial charge in [-0.2, -0.15) is 0 Å². The van der Waals surface area contributed by atoms with E-state index in [1.54, 1.807) is 6.07 Å². The first-order valence-corrected chi connectivity index (χ1v) is 7.81. The minimum Gasteiger partial charge on any atom is -0.351 e. The molecule has 0 saturated carbocycles. The number of likely N-dealkylation sites (tertiary alicyclic amines) is 1. The maximum absolute atomic E-state index is 12.5. The predicted octanol–water partition coefficient (Wildman–Crippen LogP) is 2.78. The molecule has 0 bridgehead atoms. The van der Waals surface area contributed by atoms with E-state index in [-0.39, 0.29) is 11.9 Å². The lowest BCUT2D eigenvalue weighted by Gasteiger charge is -2.33. The van der Waals surface area contributed by atoms with E-state index in [0.717, 1.165) is 30.9 Å².